The second kappa shape index (κ2) is 8.06. The summed E-state index contributed by atoms with van der Waals surface area (Å²) in [7, 11) is 0. The molecule has 0 aliphatic carbocycles. The van der Waals surface area contributed by atoms with Crippen LogP contribution >= 0.6 is 0 Å². The van der Waals surface area contributed by atoms with Crippen molar-refractivity contribution in [1.82, 2.24) is 15.2 Å². The van der Waals surface area contributed by atoms with E-state index in [1.54, 1.807) is 0 Å². The third kappa shape index (κ3) is 4.39. The molecule has 3 rings (SSSR count). The highest BCUT2D eigenvalue weighted by atomic mass is 15.2. The first-order valence-corrected chi connectivity index (χ1v) is 8.29. The molecule has 3 nitrogen and oxygen atoms in total. The van der Waals surface area contributed by atoms with Gasteiger partial charge in [0, 0.05) is 31.5 Å². The highest BCUT2D eigenvalue weighted by Gasteiger charge is 2.20. The molecular formula is C19H25N3. The van der Waals surface area contributed by atoms with Gasteiger partial charge >= 0.3 is 0 Å². The van der Waals surface area contributed by atoms with Gasteiger partial charge in [0.1, 0.15) is 0 Å². The van der Waals surface area contributed by atoms with Crippen molar-refractivity contribution in [2.45, 2.75) is 31.8 Å². The smallest absolute Gasteiger partial charge is 0.0271 e. The van der Waals surface area contributed by atoms with Gasteiger partial charge in [0.2, 0.25) is 0 Å². The molecule has 1 fully saturated rings. The van der Waals surface area contributed by atoms with E-state index < -0.39 is 0 Å². The summed E-state index contributed by atoms with van der Waals surface area (Å²) in [5.74, 6) is 0. The van der Waals surface area contributed by atoms with E-state index in [4.69, 9.17) is 0 Å². The largest absolute Gasteiger partial charge is 0.317 e. The van der Waals surface area contributed by atoms with Gasteiger partial charge in [-0.3, -0.25) is 9.88 Å². The molecule has 2 aromatic rings. The first-order valence-electron chi connectivity index (χ1n) is 8.29. The summed E-state index contributed by atoms with van der Waals surface area (Å²) < 4.78 is 0. The molecule has 1 aromatic heterocycles. The molecule has 0 unspecified atom stereocenters. The van der Waals surface area contributed by atoms with E-state index in [9.17, 15) is 0 Å². The lowest BCUT2D eigenvalue weighted by Gasteiger charge is -2.34. The topological polar surface area (TPSA) is 28.2 Å². The number of benzene rings is 1. The maximum absolute atomic E-state index is 4.13. The van der Waals surface area contributed by atoms with Crippen molar-refractivity contribution >= 4 is 0 Å². The fourth-order valence-electron chi connectivity index (χ4n) is 3.20. The molecule has 1 aromatic carbocycles. The number of pyridine rings is 1. The zero-order chi connectivity index (χ0) is 15.0. The van der Waals surface area contributed by atoms with Gasteiger partial charge in [0.25, 0.3) is 0 Å². The zero-order valence-corrected chi connectivity index (χ0v) is 13.1. The summed E-state index contributed by atoms with van der Waals surface area (Å²) >= 11 is 0. The van der Waals surface area contributed by atoms with Crippen molar-refractivity contribution in [2.75, 3.05) is 19.6 Å². The quantitative estimate of drug-likeness (QED) is 0.888. The van der Waals surface area contributed by atoms with E-state index in [0.29, 0.717) is 6.04 Å². The van der Waals surface area contributed by atoms with Crippen molar-refractivity contribution in [3.63, 3.8) is 0 Å². The minimum atomic E-state index is 0.693. The minimum absolute atomic E-state index is 0.693. The average Bonchev–Trinajstić information content (AvgIpc) is 2.61. The van der Waals surface area contributed by atoms with Crippen LogP contribution in [0, 0.1) is 0 Å². The summed E-state index contributed by atoms with van der Waals surface area (Å²) in [6, 6.07) is 15.8. The zero-order valence-electron chi connectivity index (χ0n) is 13.1. The minimum Gasteiger partial charge on any atom is -0.317 e. The number of rotatable bonds is 6. The van der Waals surface area contributed by atoms with Crippen LogP contribution < -0.4 is 5.32 Å². The lowest BCUT2D eigenvalue weighted by atomic mass is 10.0. The van der Waals surface area contributed by atoms with Crippen LogP contribution in [0.1, 0.15) is 24.0 Å². The molecule has 116 valence electrons. The van der Waals surface area contributed by atoms with Crippen molar-refractivity contribution in [1.29, 1.82) is 0 Å². The molecule has 0 atom stereocenters. The number of aromatic nitrogens is 1. The molecule has 1 N–H and O–H groups in total. The van der Waals surface area contributed by atoms with Crippen molar-refractivity contribution in [2.24, 2.45) is 0 Å². The predicted molar refractivity (Wildman–Crippen MR) is 90.7 cm³/mol. The maximum Gasteiger partial charge on any atom is 0.0271 e. The Kier molecular flexibility index (Phi) is 5.57. The van der Waals surface area contributed by atoms with Gasteiger partial charge in [-0.05, 0) is 55.6 Å². The molecule has 22 heavy (non-hydrogen) atoms. The predicted octanol–water partition coefficient (Wildman–Crippen LogP) is 2.88. The van der Waals surface area contributed by atoms with Crippen LogP contribution in [0.2, 0.25) is 0 Å². The van der Waals surface area contributed by atoms with Gasteiger partial charge in [-0.2, -0.15) is 0 Å². The molecular weight excluding hydrogens is 270 g/mol. The molecule has 0 radical (unpaired) electrons. The Morgan fingerprint density at radius 2 is 1.68 bits per heavy atom. The summed E-state index contributed by atoms with van der Waals surface area (Å²) in [5.41, 5.74) is 2.79. The number of nitrogens with one attached hydrogen (secondary N) is 1. The fourth-order valence-corrected chi connectivity index (χ4v) is 3.20. The Bertz CT molecular complexity index is 535. The van der Waals surface area contributed by atoms with E-state index in [-0.39, 0.29) is 0 Å². The molecule has 1 aliphatic rings. The van der Waals surface area contributed by atoms with E-state index in [2.05, 4.69) is 57.7 Å². The Morgan fingerprint density at radius 3 is 2.41 bits per heavy atom. The first kappa shape index (κ1) is 15.2. The molecule has 0 saturated carbocycles. The molecule has 0 spiro atoms. The van der Waals surface area contributed by atoms with Gasteiger partial charge in [0.05, 0.1) is 0 Å². The Morgan fingerprint density at radius 1 is 0.955 bits per heavy atom. The maximum atomic E-state index is 4.13. The summed E-state index contributed by atoms with van der Waals surface area (Å²) in [6.07, 6.45) is 7.41. The van der Waals surface area contributed by atoms with Gasteiger partial charge < -0.3 is 5.32 Å². The number of nitrogens with zero attached hydrogens (tertiary/aromatic N) is 2. The Labute approximate surface area is 133 Å². The van der Waals surface area contributed by atoms with Gasteiger partial charge in [0.15, 0.2) is 0 Å². The summed E-state index contributed by atoms with van der Waals surface area (Å²) in [5, 5.41) is 3.47. The van der Waals surface area contributed by atoms with Crippen molar-refractivity contribution < 1.29 is 0 Å². The second-order valence-corrected chi connectivity index (χ2v) is 6.04. The van der Waals surface area contributed by atoms with Gasteiger partial charge in [-0.1, -0.05) is 30.3 Å². The first-order chi connectivity index (χ1) is 10.9. The number of piperidine rings is 1. The molecule has 1 saturated heterocycles. The highest BCUT2D eigenvalue weighted by molar-refractivity contribution is 5.15. The van der Waals surface area contributed by atoms with Crippen LogP contribution in [0.4, 0.5) is 0 Å². The van der Waals surface area contributed by atoms with Crippen LogP contribution in [0.15, 0.2) is 54.9 Å². The van der Waals surface area contributed by atoms with Crippen LogP contribution in [-0.2, 0) is 13.0 Å². The van der Waals surface area contributed by atoms with Crippen LogP contribution in [0.5, 0.6) is 0 Å². The lowest BCUT2D eigenvalue weighted by molar-refractivity contribution is 0.155. The van der Waals surface area contributed by atoms with E-state index in [1.807, 2.05) is 12.4 Å². The monoisotopic (exact) mass is 295 g/mol. The van der Waals surface area contributed by atoms with Crippen LogP contribution in [0.25, 0.3) is 0 Å². The standard InChI is InChI=1S/C19H25N3/c1-2-4-17(5-3-1)10-15-22(19-8-13-21-14-9-19)16-18-6-11-20-12-7-18/h1-7,11-12,19,21H,8-10,13-16H2. The Hall–Kier alpha value is -1.71. The molecule has 2 heterocycles. The van der Waals surface area contributed by atoms with E-state index in [0.717, 1.165) is 32.6 Å². The number of hydrogen-bond donors (Lipinski definition) is 1. The van der Waals surface area contributed by atoms with Crippen molar-refractivity contribution in [3.8, 4) is 0 Å². The van der Waals surface area contributed by atoms with Crippen LogP contribution in [0.3, 0.4) is 0 Å². The molecule has 0 bridgehead atoms. The fraction of sp³-hybridized carbons (Fsp3) is 0.421. The van der Waals surface area contributed by atoms with Crippen LogP contribution in [-0.4, -0.2) is 35.6 Å². The molecule has 0 amide bonds. The third-order valence-corrected chi connectivity index (χ3v) is 4.49. The second-order valence-electron chi connectivity index (χ2n) is 6.04. The average molecular weight is 295 g/mol. The van der Waals surface area contributed by atoms with Crippen molar-refractivity contribution in [3.05, 3.63) is 66.0 Å². The summed E-state index contributed by atoms with van der Waals surface area (Å²) in [4.78, 5) is 6.79. The highest BCUT2D eigenvalue weighted by Crippen LogP contribution is 2.16. The van der Waals surface area contributed by atoms with Gasteiger partial charge in [-0.15, -0.1) is 0 Å². The SMILES string of the molecule is c1ccc(CCN(Cc2ccncc2)C2CCNCC2)cc1. The lowest BCUT2D eigenvalue weighted by Crippen LogP contribution is -2.43. The third-order valence-electron chi connectivity index (χ3n) is 4.49. The normalized spacial score (nSPS) is 16.0. The Balaban J connectivity index is 1.65. The summed E-state index contributed by atoms with van der Waals surface area (Å²) in [6.45, 7) is 4.43. The van der Waals surface area contributed by atoms with E-state index >= 15 is 0 Å². The van der Waals surface area contributed by atoms with Gasteiger partial charge in [-0.25, -0.2) is 0 Å². The molecule has 3 heteroatoms. The number of hydrogen-bond acceptors (Lipinski definition) is 3. The molecule has 1 aliphatic heterocycles. The van der Waals surface area contributed by atoms with E-state index in [1.165, 1.54) is 24.0 Å².